The van der Waals surface area contributed by atoms with E-state index in [2.05, 4.69) is 33.0 Å². The number of anilines is 1. The molecule has 0 saturated heterocycles. The van der Waals surface area contributed by atoms with E-state index in [-0.39, 0.29) is 5.91 Å². The highest BCUT2D eigenvalue weighted by molar-refractivity contribution is 14.1. The summed E-state index contributed by atoms with van der Waals surface area (Å²) >= 11 is 8.05. The van der Waals surface area contributed by atoms with E-state index in [1.165, 1.54) is 0 Å². The summed E-state index contributed by atoms with van der Waals surface area (Å²) < 4.78 is 2.54. The zero-order chi connectivity index (χ0) is 15.5. The number of hydrogen-bond acceptors (Lipinski definition) is 2. The van der Waals surface area contributed by atoms with Crippen molar-refractivity contribution < 1.29 is 4.79 Å². The number of amides is 1. The molecule has 0 aliphatic heterocycles. The Hall–Kier alpha value is -1.86. The third-order valence-electron chi connectivity index (χ3n) is 3.02. The number of aromatic nitrogens is 2. The number of rotatable bonds is 3. The monoisotopic (exact) mass is 423 g/mol. The summed E-state index contributed by atoms with van der Waals surface area (Å²) in [6, 6.07) is 16.7. The van der Waals surface area contributed by atoms with Crippen LogP contribution in [0.5, 0.6) is 0 Å². The van der Waals surface area contributed by atoms with E-state index in [9.17, 15) is 4.79 Å². The van der Waals surface area contributed by atoms with Gasteiger partial charge >= 0.3 is 0 Å². The molecule has 0 aliphatic rings. The van der Waals surface area contributed by atoms with E-state index in [1.807, 2.05) is 30.3 Å². The Kier molecular flexibility index (Phi) is 4.44. The van der Waals surface area contributed by atoms with Crippen LogP contribution in [0.2, 0.25) is 5.02 Å². The lowest BCUT2D eigenvalue weighted by Crippen LogP contribution is -2.14. The first-order valence-electron chi connectivity index (χ1n) is 6.51. The molecular weight excluding hydrogens is 413 g/mol. The molecule has 110 valence electrons. The van der Waals surface area contributed by atoms with Crippen molar-refractivity contribution in [3.63, 3.8) is 0 Å². The van der Waals surface area contributed by atoms with Gasteiger partial charge in [-0.25, -0.2) is 4.68 Å². The van der Waals surface area contributed by atoms with Crippen molar-refractivity contribution in [2.75, 3.05) is 5.32 Å². The number of nitrogens with one attached hydrogen (secondary N) is 1. The van der Waals surface area contributed by atoms with Crippen LogP contribution >= 0.6 is 34.2 Å². The SMILES string of the molecule is O=C(Nc1ccn(-c2ccccc2)n1)c1cc(Cl)ccc1I. The fourth-order valence-corrected chi connectivity index (χ4v) is 2.72. The summed E-state index contributed by atoms with van der Waals surface area (Å²) in [6.07, 6.45) is 1.80. The first-order chi connectivity index (χ1) is 10.6. The van der Waals surface area contributed by atoms with Crippen molar-refractivity contribution in [3.05, 3.63) is 75.0 Å². The Morgan fingerprint density at radius 3 is 2.68 bits per heavy atom. The van der Waals surface area contributed by atoms with Gasteiger partial charge in [-0.3, -0.25) is 4.79 Å². The van der Waals surface area contributed by atoms with Gasteiger partial charge in [0.1, 0.15) is 0 Å². The van der Waals surface area contributed by atoms with E-state index in [0.29, 0.717) is 16.4 Å². The van der Waals surface area contributed by atoms with Crippen molar-refractivity contribution in [2.24, 2.45) is 0 Å². The summed E-state index contributed by atoms with van der Waals surface area (Å²) in [7, 11) is 0. The van der Waals surface area contributed by atoms with Crippen molar-refractivity contribution in [3.8, 4) is 5.69 Å². The predicted molar refractivity (Wildman–Crippen MR) is 95.7 cm³/mol. The van der Waals surface area contributed by atoms with Crippen LogP contribution < -0.4 is 5.32 Å². The van der Waals surface area contributed by atoms with Gasteiger partial charge in [-0.05, 0) is 52.9 Å². The molecule has 3 aromatic rings. The zero-order valence-corrected chi connectivity index (χ0v) is 14.2. The molecule has 0 unspecified atom stereocenters. The fourth-order valence-electron chi connectivity index (χ4n) is 1.97. The summed E-state index contributed by atoms with van der Waals surface area (Å²) in [6.45, 7) is 0. The van der Waals surface area contributed by atoms with Gasteiger partial charge in [-0.2, -0.15) is 5.10 Å². The third-order valence-corrected chi connectivity index (χ3v) is 4.20. The lowest BCUT2D eigenvalue weighted by molar-refractivity contribution is 0.102. The highest BCUT2D eigenvalue weighted by atomic mass is 127. The first kappa shape index (κ1) is 15.1. The van der Waals surface area contributed by atoms with Gasteiger partial charge in [0, 0.05) is 20.9 Å². The minimum Gasteiger partial charge on any atom is -0.305 e. The summed E-state index contributed by atoms with van der Waals surface area (Å²) in [4.78, 5) is 12.3. The van der Waals surface area contributed by atoms with Crippen LogP contribution in [0, 0.1) is 3.57 Å². The number of nitrogens with zero attached hydrogens (tertiary/aromatic N) is 2. The molecule has 6 heteroatoms. The molecule has 0 fully saturated rings. The van der Waals surface area contributed by atoms with Gasteiger partial charge in [-0.15, -0.1) is 0 Å². The normalized spacial score (nSPS) is 10.5. The van der Waals surface area contributed by atoms with Gasteiger partial charge in [0.25, 0.3) is 5.91 Å². The minimum absolute atomic E-state index is 0.231. The second-order valence-corrected chi connectivity index (χ2v) is 6.16. The largest absolute Gasteiger partial charge is 0.305 e. The van der Waals surface area contributed by atoms with E-state index in [1.54, 1.807) is 35.1 Å². The van der Waals surface area contributed by atoms with Crippen molar-refractivity contribution in [1.29, 1.82) is 0 Å². The van der Waals surface area contributed by atoms with Crippen LogP contribution in [0.4, 0.5) is 5.82 Å². The number of carbonyl (C=O) groups is 1. The number of carbonyl (C=O) groups excluding carboxylic acids is 1. The lowest BCUT2D eigenvalue weighted by atomic mass is 10.2. The van der Waals surface area contributed by atoms with Crippen LogP contribution in [-0.2, 0) is 0 Å². The van der Waals surface area contributed by atoms with Crippen LogP contribution in [0.1, 0.15) is 10.4 Å². The fraction of sp³-hybridized carbons (Fsp3) is 0. The minimum atomic E-state index is -0.231. The van der Waals surface area contributed by atoms with Crippen molar-refractivity contribution >= 4 is 45.9 Å². The van der Waals surface area contributed by atoms with Crippen molar-refractivity contribution in [2.45, 2.75) is 0 Å². The van der Waals surface area contributed by atoms with Crippen LogP contribution in [-0.4, -0.2) is 15.7 Å². The molecule has 0 spiro atoms. The Morgan fingerprint density at radius 1 is 1.14 bits per heavy atom. The summed E-state index contributed by atoms with van der Waals surface area (Å²) in [5.74, 6) is 0.259. The molecule has 1 heterocycles. The standard InChI is InChI=1S/C16H11ClIN3O/c17-11-6-7-14(18)13(10-11)16(22)19-15-8-9-21(20-15)12-4-2-1-3-5-12/h1-10H,(H,19,20,22). The predicted octanol–water partition coefficient (Wildman–Crippen LogP) is 4.38. The van der Waals surface area contributed by atoms with Crippen LogP contribution in [0.15, 0.2) is 60.8 Å². The number of benzene rings is 2. The molecule has 3 rings (SSSR count). The third kappa shape index (κ3) is 3.31. The lowest BCUT2D eigenvalue weighted by Gasteiger charge is -2.05. The Bertz CT molecular complexity index is 817. The number of para-hydroxylation sites is 1. The zero-order valence-electron chi connectivity index (χ0n) is 11.3. The molecule has 0 bridgehead atoms. The smallest absolute Gasteiger partial charge is 0.257 e. The quantitative estimate of drug-likeness (QED) is 0.636. The van der Waals surface area contributed by atoms with Crippen LogP contribution in [0.3, 0.4) is 0 Å². The molecule has 2 aromatic carbocycles. The van der Waals surface area contributed by atoms with Gasteiger partial charge in [0.05, 0.1) is 11.3 Å². The van der Waals surface area contributed by atoms with E-state index >= 15 is 0 Å². The summed E-state index contributed by atoms with van der Waals surface area (Å²) in [5.41, 5.74) is 1.46. The average molecular weight is 424 g/mol. The first-order valence-corrected chi connectivity index (χ1v) is 7.96. The highest BCUT2D eigenvalue weighted by Gasteiger charge is 2.12. The maximum Gasteiger partial charge on any atom is 0.257 e. The van der Waals surface area contributed by atoms with Gasteiger partial charge in [-0.1, -0.05) is 29.8 Å². The Morgan fingerprint density at radius 2 is 1.91 bits per heavy atom. The molecule has 1 aromatic heterocycles. The molecular formula is C16H11ClIN3O. The maximum atomic E-state index is 12.3. The highest BCUT2D eigenvalue weighted by Crippen LogP contribution is 2.19. The topological polar surface area (TPSA) is 46.9 Å². The Balaban J connectivity index is 1.81. The van der Waals surface area contributed by atoms with E-state index in [0.717, 1.165) is 9.26 Å². The molecule has 0 saturated carbocycles. The molecule has 1 amide bonds. The number of hydrogen-bond donors (Lipinski definition) is 1. The van der Waals surface area contributed by atoms with E-state index in [4.69, 9.17) is 11.6 Å². The molecule has 0 aliphatic carbocycles. The van der Waals surface area contributed by atoms with Gasteiger partial charge in [0.15, 0.2) is 5.82 Å². The molecule has 0 atom stereocenters. The number of halogens is 2. The van der Waals surface area contributed by atoms with E-state index < -0.39 is 0 Å². The van der Waals surface area contributed by atoms with Gasteiger partial charge < -0.3 is 5.32 Å². The summed E-state index contributed by atoms with van der Waals surface area (Å²) in [5, 5.41) is 7.66. The second-order valence-electron chi connectivity index (χ2n) is 4.56. The maximum absolute atomic E-state index is 12.3. The van der Waals surface area contributed by atoms with Crippen LogP contribution in [0.25, 0.3) is 5.69 Å². The average Bonchev–Trinajstić information content (AvgIpc) is 2.99. The second kappa shape index (κ2) is 6.50. The molecule has 4 nitrogen and oxygen atoms in total. The Labute approximate surface area is 146 Å². The molecule has 22 heavy (non-hydrogen) atoms. The van der Waals surface area contributed by atoms with Crippen molar-refractivity contribution in [1.82, 2.24) is 9.78 Å². The molecule has 0 radical (unpaired) electrons. The molecule has 1 N–H and O–H groups in total. The van der Waals surface area contributed by atoms with Gasteiger partial charge in [0.2, 0.25) is 0 Å².